The number of nitrogens with one attached hydrogen (secondary N) is 2. The van der Waals surface area contributed by atoms with E-state index in [0.717, 1.165) is 48.6 Å². The predicted molar refractivity (Wildman–Crippen MR) is 136 cm³/mol. The molecule has 0 aromatic heterocycles. The number of benzene rings is 3. The lowest BCUT2D eigenvalue weighted by atomic mass is 9.98. The van der Waals surface area contributed by atoms with Crippen molar-refractivity contribution in [1.29, 1.82) is 0 Å². The van der Waals surface area contributed by atoms with Gasteiger partial charge in [-0.25, -0.2) is 4.79 Å². The Morgan fingerprint density at radius 3 is 2.38 bits per heavy atom. The molecule has 5 nitrogen and oxygen atoms in total. The molecule has 34 heavy (non-hydrogen) atoms. The number of terminal acetylenes is 1. The Morgan fingerprint density at radius 1 is 1.09 bits per heavy atom. The van der Waals surface area contributed by atoms with Crippen molar-refractivity contribution in [1.82, 2.24) is 10.6 Å². The SMILES string of the molecule is C#Cc1cc(CNC(=O)OCC2c3ccccc3-c3ccccc32)cc(N2CCNCC2)c1C. The van der Waals surface area contributed by atoms with Crippen LogP contribution in [0, 0.1) is 19.3 Å². The molecule has 2 N–H and O–H groups in total. The Balaban J connectivity index is 1.25. The van der Waals surface area contributed by atoms with Crippen molar-refractivity contribution in [2.24, 2.45) is 0 Å². The second kappa shape index (κ2) is 9.62. The minimum Gasteiger partial charge on any atom is -0.449 e. The highest BCUT2D eigenvalue weighted by Crippen LogP contribution is 2.44. The molecule has 5 rings (SSSR count). The molecule has 0 bridgehead atoms. The van der Waals surface area contributed by atoms with E-state index in [1.54, 1.807) is 0 Å². The lowest BCUT2D eigenvalue weighted by molar-refractivity contribution is 0.142. The van der Waals surface area contributed by atoms with Gasteiger partial charge in [-0.2, -0.15) is 0 Å². The zero-order valence-corrected chi connectivity index (χ0v) is 19.4. The number of alkyl carbamates (subject to hydrolysis) is 1. The van der Waals surface area contributed by atoms with Crippen LogP contribution in [0.3, 0.4) is 0 Å². The van der Waals surface area contributed by atoms with Gasteiger partial charge in [0.25, 0.3) is 0 Å². The van der Waals surface area contributed by atoms with Gasteiger partial charge in [-0.05, 0) is 52.4 Å². The van der Waals surface area contributed by atoms with Crippen molar-refractivity contribution in [2.45, 2.75) is 19.4 Å². The largest absolute Gasteiger partial charge is 0.449 e. The summed E-state index contributed by atoms with van der Waals surface area (Å²) >= 11 is 0. The number of amides is 1. The van der Waals surface area contributed by atoms with Crippen molar-refractivity contribution >= 4 is 11.8 Å². The van der Waals surface area contributed by atoms with E-state index >= 15 is 0 Å². The highest BCUT2D eigenvalue weighted by molar-refractivity contribution is 5.79. The molecule has 5 heteroatoms. The van der Waals surface area contributed by atoms with Gasteiger partial charge in [0.05, 0.1) is 0 Å². The van der Waals surface area contributed by atoms with Gasteiger partial charge in [-0.1, -0.05) is 54.5 Å². The Labute approximate surface area is 201 Å². The van der Waals surface area contributed by atoms with Crippen LogP contribution in [0.25, 0.3) is 11.1 Å². The standard InChI is InChI=1S/C29H29N3O2/c1-3-22-16-21(17-28(20(22)2)32-14-12-30-13-15-32)18-31-29(33)34-19-27-25-10-6-4-8-23(25)24-9-5-7-11-26(24)27/h1,4-11,16-17,27,30H,12-15,18-19H2,2H3,(H,31,33). The molecule has 0 saturated carbocycles. The second-order valence-electron chi connectivity index (χ2n) is 8.85. The van der Waals surface area contributed by atoms with Crippen LogP contribution in [0.4, 0.5) is 10.5 Å². The van der Waals surface area contributed by atoms with Crippen LogP contribution in [0.15, 0.2) is 60.7 Å². The van der Waals surface area contributed by atoms with Crippen LogP contribution < -0.4 is 15.5 Å². The molecule has 0 radical (unpaired) electrons. The number of piperazine rings is 1. The highest BCUT2D eigenvalue weighted by atomic mass is 16.5. The van der Waals surface area contributed by atoms with Crippen molar-refractivity contribution in [3.63, 3.8) is 0 Å². The summed E-state index contributed by atoms with van der Waals surface area (Å²) in [6.45, 7) is 6.51. The van der Waals surface area contributed by atoms with Crippen LogP contribution in [0.5, 0.6) is 0 Å². The maximum absolute atomic E-state index is 12.6. The van der Waals surface area contributed by atoms with Crippen LogP contribution in [0.1, 0.15) is 33.7 Å². The molecule has 1 amide bonds. The van der Waals surface area contributed by atoms with Crippen molar-refractivity contribution < 1.29 is 9.53 Å². The second-order valence-corrected chi connectivity index (χ2v) is 8.85. The van der Waals surface area contributed by atoms with E-state index in [9.17, 15) is 4.79 Å². The van der Waals surface area contributed by atoms with Gasteiger partial charge in [-0.15, -0.1) is 6.42 Å². The van der Waals surface area contributed by atoms with Gasteiger partial charge >= 0.3 is 6.09 Å². The van der Waals surface area contributed by atoms with Crippen molar-refractivity contribution in [2.75, 3.05) is 37.7 Å². The Bertz CT molecular complexity index is 1210. The average molecular weight is 452 g/mol. The van der Waals surface area contributed by atoms with E-state index in [1.807, 2.05) is 30.3 Å². The predicted octanol–water partition coefficient (Wildman–Crippen LogP) is 4.42. The topological polar surface area (TPSA) is 53.6 Å². The monoisotopic (exact) mass is 451 g/mol. The fourth-order valence-corrected chi connectivity index (χ4v) is 5.07. The number of ether oxygens (including phenoxy) is 1. The van der Waals surface area contributed by atoms with Crippen LogP contribution in [0.2, 0.25) is 0 Å². The number of rotatable bonds is 5. The van der Waals surface area contributed by atoms with E-state index in [2.05, 4.69) is 58.7 Å². The first-order valence-electron chi connectivity index (χ1n) is 11.8. The van der Waals surface area contributed by atoms with E-state index in [0.29, 0.717) is 13.2 Å². The third-order valence-corrected chi connectivity index (χ3v) is 6.83. The molecule has 3 aromatic rings. The summed E-state index contributed by atoms with van der Waals surface area (Å²) in [4.78, 5) is 15.0. The summed E-state index contributed by atoms with van der Waals surface area (Å²) in [5.41, 5.74) is 8.92. The maximum Gasteiger partial charge on any atom is 0.407 e. The lowest BCUT2D eigenvalue weighted by Crippen LogP contribution is -2.43. The number of carbonyl (C=O) groups excluding carboxylic acids is 1. The maximum atomic E-state index is 12.6. The number of anilines is 1. The third kappa shape index (κ3) is 4.25. The summed E-state index contributed by atoms with van der Waals surface area (Å²) < 4.78 is 5.68. The summed E-state index contributed by atoms with van der Waals surface area (Å²) in [5, 5.41) is 6.29. The fourth-order valence-electron chi connectivity index (χ4n) is 5.07. The molecular weight excluding hydrogens is 422 g/mol. The number of nitrogens with zero attached hydrogens (tertiary/aromatic N) is 1. The minimum atomic E-state index is -0.423. The highest BCUT2D eigenvalue weighted by Gasteiger charge is 2.29. The quantitative estimate of drug-likeness (QED) is 0.564. The van der Waals surface area contributed by atoms with Gasteiger partial charge in [0, 0.05) is 49.9 Å². The molecule has 1 saturated heterocycles. The molecule has 3 aromatic carbocycles. The number of hydrogen-bond acceptors (Lipinski definition) is 4. The van der Waals surface area contributed by atoms with E-state index in [-0.39, 0.29) is 5.92 Å². The molecule has 1 heterocycles. The van der Waals surface area contributed by atoms with Crippen LogP contribution in [-0.4, -0.2) is 38.9 Å². The normalized spacial score (nSPS) is 14.8. The van der Waals surface area contributed by atoms with Gasteiger partial charge in [0.2, 0.25) is 0 Å². The van der Waals surface area contributed by atoms with Crippen molar-refractivity contribution in [3.05, 3.63) is 88.5 Å². The Morgan fingerprint density at radius 2 is 1.74 bits per heavy atom. The zero-order chi connectivity index (χ0) is 23.5. The molecule has 2 aliphatic rings. The third-order valence-electron chi connectivity index (χ3n) is 6.83. The summed E-state index contributed by atoms with van der Waals surface area (Å²) in [6.07, 6.45) is 5.35. The van der Waals surface area contributed by atoms with Crippen LogP contribution >= 0.6 is 0 Å². The van der Waals surface area contributed by atoms with Crippen molar-refractivity contribution in [3.8, 4) is 23.5 Å². The summed E-state index contributed by atoms with van der Waals surface area (Å²) in [5.74, 6) is 2.84. The van der Waals surface area contributed by atoms with Gasteiger partial charge < -0.3 is 20.3 Å². The summed E-state index contributed by atoms with van der Waals surface area (Å²) in [6, 6.07) is 20.8. The fraction of sp³-hybridized carbons (Fsp3) is 0.276. The smallest absolute Gasteiger partial charge is 0.407 e. The zero-order valence-electron chi connectivity index (χ0n) is 19.4. The van der Waals surface area contributed by atoms with Crippen LogP contribution in [-0.2, 0) is 11.3 Å². The Hall–Kier alpha value is -3.75. The minimum absolute atomic E-state index is 0.0462. The molecule has 0 spiro atoms. The lowest BCUT2D eigenvalue weighted by Gasteiger charge is -2.31. The molecule has 0 atom stereocenters. The van der Waals surface area contributed by atoms with Gasteiger partial charge in [-0.3, -0.25) is 0 Å². The van der Waals surface area contributed by atoms with Gasteiger partial charge in [0.1, 0.15) is 6.61 Å². The summed E-state index contributed by atoms with van der Waals surface area (Å²) in [7, 11) is 0. The van der Waals surface area contributed by atoms with Gasteiger partial charge in [0.15, 0.2) is 0 Å². The molecule has 172 valence electrons. The first kappa shape index (κ1) is 22.1. The molecule has 1 aliphatic heterocycles. The Kier molecular flexibility index (Phi) is 6.24. The number of fused-ring (bicyclic) bond motifs is 3. The van der Waals surface area contributed by atoms with E-state index in [1.165, 1.54) is 22.3 Å². The molecular formula is C29H29N3O2. The van der Waals surface area contributed by atoms with E-state index in [4.69, 9.17) is 11.2 Å². The molecule has 0 unspecified atom stereocenters. The first-order chi connectivity index (χ1) is 16.7. The molecule has 1 aliphatic carbocycles. The number of carbonyl (C=O) groups is 1. The average Bonchev–Trinajstić information content (AvgIpc) is 3.21. The number of hydrogen-bond donors (Lipinski definition) is 2. The molecule has 1 fully saturated rings. The van der Waals surface area contributed by atoms with E-state index < -0.39 is 6.09 Å². The first-order valence-corrected chi connectivity index (χ1v) is 11.8.